The molecule has 0 aromatic heterocycles. The maximum atomic E-state index is 14.9. The number of anilines is 1. The number of hydrogen-bond acceptors (Lipinski definition) is 7. The summed E-state index contributed by atoms with van der Waals surface area (Å²) in [5.74, 6) is -1.04. The second kappa shape index (κ2) is 11.8. The van der Waals surface area contributed by atoms with Crippen LogP contribution in [0.25, 0.3) is 0 Å². The monoisotopic (exact) mass is 559 g/mol. The van der Waals surface area contributed by atoms with Crippen molar-refractivity contribution in [1.82, 2.24) is 0 Å². The van der Waals surface area contributed by atoms with E-state index in [0.29, 0.717) is 39.7 Å². The van der Waals surface area contributed by atoms with Crippen molar-refractivity contribution in [2.45, 2.75) is 25.2 Å². The molecule has 0 saturated heterocycles. The number of rotatable bonds is 9. The van der Waals surface area contributed by atoms with Crippen LogP contribution in [0.15, 0.2) is 48.5 Å². The van der Waals surface area contributed by atoms with E-state index in [4.69, 9.17) is 35.3 Å². The normalized spacial score (nSPS) is 16.8. The molecule has 1 aliphatic rings. The van der Waals surface area contributed by atoms with E-state index < -0.39 is 36.3 Å². The molecule has 3 aromatic carbocycles. The summed E-state index contributed by atoms with van der Waals surface area (Å²) in [4.78, 5) is 27.0. The van der Waals surface area contributed by atoms with Gasteiger partial charge in [-0.05, 0) is 30.3 Å². The van der Waals surface area contributed by atoms with E-state index in [-0.39, 0.29) is 17.3 Å². The first-order valence-electron chi connectivity index (χ1n) is 11.8. The van der Waals surface area contributed by atoms with Gasteiger partial charge in [0.05, 0.1) is 52.1 Å². The molecule has 9 nitrogen and oxygen atoms in total. The summed E-state index contributed by atoms with van der Waals surface area (Å²) in [6.07, 6.45) is -3.12. The number of carboxylic acid groups (broad SMARTS) is 1. The Morgan fingerprint density at radius 1 is 1.00 bits per heavy atom. The molecule has 3 aromatic rings. The van der Waals surface area contributed by atoms with Gasteiger partial charge in [-0.1, -0.05) is 23.7 Å². The van der Waals surface area contributed by atoms with Crippen LogP contribution in [0.5, 0.6) is 23.0 Å². The average Bonchev–Trinajstić information content (AvgIpc) is 3.03. The molecule has 0 radical (unpaired) electrons. The molecule has 0 aliphatic carbocycles. The van der Waals surface area contributed by atoms with E-state index in [2.05, 4.69) is 0 Å². The molecule has 1 aliphatic heterocycles. The van der Waals surface area contributed by atoms with E-state index in [1.165, 1.54) is 39.4 Å². The number of hydrogen-bond donors (Lipinski definition) is 1. The van der Waals surface area contributed by atoms with E-state index in [0.717, 1.165) is 6.07 Å². The second-order valence-electron chi connectivity index (χ2n) is 8.61. The predicted molar refractivity (Wildman–Crippen MR) is 141 cm³/mol. The Labute approximate surface area is 229 Å². The highest BCUT2D eigenvalue weighted by atomic mass is 35.5. The lowest BCUT2D eigenvalue weighted by Crippen LogP contribution is -2.40. The number of ether oxygens (including phenoxy) is 5. The van der Waals surface area contributed by atoms with E-state index >= 15 is 0 Å². The third-order valence-electron chi connectivity index (χ3n) is 6.38. The Morgan fingerprint density at radius 3 is 2.38 bits per heavy atom. The minimum absolute atomic E-state index is 0.0818. The molecule has 0 fully saturated rings. The lowest BCUT2D eigenvalue weighted by atomic mass is 9.97. The maximum Gasteiger partial charge on any atom is 0.306 e. The summed E-state index contributed by atoms with van der Waals surface area (Å²) in [5, 5.41) is 9.43. The zero-order chi connectivity index (χ0) is 28.3. The lowest BCUT2D eigenvalue weighted by Gasteiger charge is -2.26. The number of benzene rings is 3. The number of carbonyl (C=O) groups is 2. The van der Waals surface area contributed by atoms with Gasteiger partial charge in [0.2, 0.25) is 0 Å². The molecule has 4 rings (SSSR count). The molecule has 39 heavy (non-hydrogen) atoms. The van der Waals surface area contributed by atoms with Gasteiger partial charge < -0.3 is 33.7 Å². The van der Waals surface area contributed by atoms with Gasteiger partial charge in [0.15, 0.2) is 11.5 Å². The fourth-order valence-electron chi connectivity index (χ4n) is 4.55. The highest BCUT2D eigenvalue weighted by Gasteiger charge is 2.40. The third kappa shape index (κ3) is 5.57. The van der Waals surface area contributed by atoms with Crippen LogP contribution in [0.2, 0.25) is 5.02 Å². The molecule has 2 atom stereocenters. The molecular weight excluding hydrogens is 533 g/mol. The van der Waals surface area contributed by atoms with E-state index in [9.17, 15) is 19.1 Å². The number of methoxy groups -OCH3 is 4. The van der Waals surface area contributed by atoms with Gasteiger partial charge in [-0.3, -0.25) is 9.59 Å². The topological polar surface area (TPSA) is 104 Å². The summed E-state index contributed by atoms with van der Waals surface area (Å²) in [6, 6.07) is 12.6. The molecule has 0 saturated carbocycles. The summed E-state index contributed by atoms with van der Waals surface area (Å²) in [5.41, 5.74) is 1.50. The van der Waals surface area contributed by atoms with Gasteiger partial charge in [-0.15, -0.1) is 0 Å². The Morgan fingerprint density at radius 2 is 1.74 bits per heavy atom. The number of nitrogens with zero attached hydrogens (tertiary/aromatic N) is 1. The summed E-state index contributed by atoms with van der Waals surface area (Å²) in [6.45, 7) is -0.0818. The van der Waals surface area contributed by atoms with Crippen LogP contribution < -0.4 is 23.8 Å². The number of carboxylic acids is 1. The van der Waals surface area contributed by atoms with Gasteiger partial charge in [0.25, 0.3) is 5.91 Å². The van der Waals surface area contributed by atoms with Crippen molar-refractivity contribution in [1.29, 1.82) is 0 Å². The number of aliphatic carboxylic acids is 1. The zero-order valence-electron chi connectivity index (χ0n) is 21.7. The first kappa shape index (κ1) is 28.0. The molecule has 1 heterocycles. The van der Waals surface area contributed by atoms with Crippen molar-refractivity contribution in [3.8, 4) is 23.0 Å². The summed E-state index contributed by atoms with van der Waals surface area (Å²) >= 11 is 6.21. The Bertz CT molecular complexity index is 1400. The van der Waals surface area contributed by atoms with Crippen LogP contribution >= 0.6 is 11.6 Å². The van der Waals surface area contributed by atoms with Gasteiger partial charge >= 0.3 is 5.97 Å². The average molecular weight is 560 g/mol. The fourth-order valence-corrected chi connectivity index (χ4v) is 4.73. The Kier molecular flexibility index (Phi) is 8.47. The summed E-state index contributed by atoms with van der Waals surface area (Å²) in [7, 11) is 5.89. The Balaban J connectivity index is 1.95. The van der Waals surface area contributed by atoms with Crippen LogP contribution in [0.3, 0.4) is 0 Å². The van der Waals surface area contributed by atoms with Crippen molar-refractivity contribution < 1.29 is 42.8 Å². The van der Waals surface area contributed by atoms with Crippen LogP contribution in [-0.2, 0) is 20.9 Å². The van der Waals surface area contributed by atoms with Gasteiger partial charge in [-0.2, -0.15) is 0 Å². The smallest absolute Gasteiger partial charge is 0.306 e. The maximum absolute atomic E-state index is 14.9. The first-order valence-corrected chi connectivity index (χ1v) is 12.2. The molecule has 1 amide bonds. The fraction of sp³-hybridized carbons (Fsp3) is 0.286. The van der Waals surface area contributed by atoms with Crippen molar-refractivity contribution >= 4 is 29.2 Å². The number of carbonyl (C=O) groups excluding carboxylic acids is 1. The molecule has 0 spiro atoms. The highest BCUT2D eigenvalue weighted by molar-refractivity contribution is 6.31. The van der Waals surface area contributed by atoms with Crippen LogP contribution in [-0.4, -0.2) is 51.5 Å². The number of fused-ring (bicyclic) bond motifs is 1. The highest BCUT2D eigenvalue weighted by Crippen LogP contribution is 2.46. The number of para-hydroxylation sites is 1. The van der Waals surface area contributed by atoms with Crippen LogP contribution in [0.1, 0.15) is 29.2 Å². The van der Waals surface area contributed by atoms with E-state index in [1.54, 1.807) is 36.4 Å². The molecule has 11 heteroatoms. The molecule has 2 unspecified atom stereocenters. The number of amides is 1. The zero-order valence-corrected chi connectivity index (χ0v) is 22.5. The molecular formula is C28H27ClFNO8. The van der Waals surface area contributed by atoms with Crippen molar-refractivity contribution in [2.75, 3.05) is 33.3 Å². The first-order chi connectivity index (χ1) is 18.7. The standard InChI is InChI=1S/C28H27ClFNO8/c1-35-16-9-8-15(23(10-16)37-3)14-31-21-12-20(30)19(29)11-18(21)26(39-24(28(31)34)13-25(32)33)17-6-5-7-22(36-2)27(17)38-4/h5-12,24,26H,13-14H2,1-4H3,(H,32,33). The Hall–Kier alpha value is -4.02. The van der Waals surface area contributed by atoms with Gasteiger partial charge in [0.1, 0.15) is 29.5 Å². The molecule has 206 valence electrons. The van der Waals surface area contributed by atoms with Crippen LogP contribution in [0.4, 0.5) is 10.1 Å². The minimum Gasteiger partial charge on any atom is -0.497 e. The second-order valence-corrected chi connectivity index (χ2v) is 9.02. The van der Waals surface area contributed by atoms with Gasteiger partial charge in [-0.25, -0.2) is 4.39 Å². The van der Waals surface area contributed by atoms with Crippen LogP contribution in [0, 0.1) is 5.82 Å². The minimum atomic E-state index is -1.43. The van der Waals surface area contributed by atoms with Crippen molar-refractivity contribution in [2.24, 2.45) is 0 Å². The largest absolute Gasteiger partial charge is 0.497 e. The van der Waals surface area contributed by atoms with Gasteiger partial charge in [0, 0.05) is 22.8 Å². The summed E-state index contributed by atoms with van der Waals surface area (Å²) < 4.78 is 42.9. The SMILES string of the molecule is COc1ccc(CN2C(=O)C(CC(=O)O)OC(c3cccc(OC)c3OC)c3cc(Cl)c(F)cc32)c(OC)c1. The van der Waals surface area contributed by atoms with E-state index in [1.807, 2.05) is 0 Å². The molecule has 0 bridgehead atoms. The number of halogens is 2. The molecule has 1 N–H and O–H groups in total. The lowest BCUT2D eigenvalue weighted by molar-refractivity contribution is -0.147. The van der Waals surface area contributed by atoms with Crippen molar-refractivity contribution in [3.05, 3.63) is 76.1 Å². The van der Waals surface area contributed by atoms with Crippen molar-refractivity contribution in [3.63, 3.8) is 0 Å². The predicted octanol–water partition coefficient (Wildman–Crippen LogP) is 5.01. The third-order valence-corrected chi connectivity index (χ3v) is 6.67. The quantitative estimate of drug-likeness (QED) is 0.390.